The zero-order valence-electron chi connectivity index (χ0n) is 18.2. The second kappa shape index (κ2) is 9.90. The van der Waals surface area contributed by atoms with Crippen LogP contribution < -0.4 is 16.0 Å². The third-order valence-electron chi connectivity index (χ3n) is 4.60. The van der Waals surface area contributed by atoms with Gasteiger partial charge in [0.25, 0.3) is 11.8 Å². The van der Waals surface area contributed by atoms with Crippen LogP contribution in [0.15, 0.2) is 24.5 Å². The summed E-state index contributed by atoms with van der Waals surface area (Å²) in [6, 6.07) is 2.61. The number of imide groups is 1. The first-order chi connectivity index (χ1) is 15.1. The van der Waals surface area contributed by atoms with E-state index >= 15 is 0 Å². The van der Waals surface area contributed by atoms with E-state index in [2.05, 4.69) is 20.9 Å². The SMILES string of the molecule is CC(C)(C)NC(=O)NC(=O)COC(=O)c1c(NC(=O)c2cccnc2)sc2c1CCCC2. The molecule has 0 aliphatic heterocycles. The molecule has 9 nitrogen and oxygen atoms in total. The molecule has 0 bridgehead atoms. The van der Waals surface area contributed by atoms with E-state index in [0.717, 1.165) is 29.7 Å². The standard InChI is InChI=1S/C22H26N4O5S/c1-22(2,3)26-21(30)24-16(27)12-31-20(29)17-14-8-4-5-9-15(14)32-19(17)25-18(28)13-7-6-10-23-11-13/h6-7,10-11H,4-5,8-9,12H2,1-3H3,(H,25,28)(H2,24,26,27,30). The van der Waals surface area contributed by atoms with E-state index in [9.17, 15) is 19.2 Å². The molecule has 1 aliphatic carbocycles. The summed E-state index contributed by atoms with van der Waals surface area (Å²) in [5.74, 6) is -1.84. The summed E-state index contributed by atoms with van der Waals surface area (Å²) in [6.45, 7) is 4.71. The van der Waals surface area contributed by atoms with Crippen molar-refractivity contribution in [2.24, 2.45) is 0 Å². The number of aromatic nitrogens is 1. The topological polar surface area (TPSA) is 126 Å². The third-order valence-corrected chi connectivity index (χ3v) is 5.81. The first-order valence-electron chi connectivity index (χ1n) is 10.3. The number of fused-ring (bicyclic) bond motifs is 1. The van der Waals surface area contributed by atoms with Gasteiger partial charge >= 0.3 is 12.0 Å². The summed E-state index contributed by atoms with van der Waals surface area (Å²) < 4.78 is 5.19. The molecule has 2 aromatic rings. The Hall–Kier alpha value is -3.27. The summed E-state index contributed by atoms with van der Waals surface area (Å²) in [5, 5.41) is 7.89. The fourth-order valence-corrected chi connectivity index (χ4v) is 4.55. The van der Waals surface area contributed by atoms with Crippen LogP contribution in [-0.2, 0) is 22.4 Å². The summed E-state index contributed by atoms with van der Waals surface area (Å²) in [4.78, 5) is 54.3. The molecule has 170 valence electrons. The van der Waals surface area contributed by atoms with Gasteiger partial charge in [-0.2, -0.15) is 0 Å². The maximum atomic E-state index is 12.9. The lowest BCUT2D eigenvalue weighted by Gasteiger charge is -2.20. The zero-order valence-corrected chi connectivity index (χ0v) is 19.1. The minimum absolute atomic E-state index is 0.272. The van der Waals surface area contributed by atoms with Gasteiger partial charge in [-0.15, -0.1) is 11.3 Å². The molecule has 4 amide bonds. The van der Waals surface area contributed by atoms with Gasteiger partial charge in [0.1, 0.15) is 5.00 Å². The number of thiophene rings is 1. The van der Waals surface area contributed by atoms with Gasteiger partial charge in [0.05, 0.1) is 11.1 Å². The van der Waals surface area contributed by atoms with Gasteiger partial charge < -0.3 is 15.4 Å². The van der Waals surface area contributed by atoms with Gasteiger partial charge in [-0.3, -0.25) is 19.9 Å². The van der Waals surface area contributed by atoms with Crippen LogP contribution in [0, 0.1) is 0 Å². The highest BCUT2D eigenvalue weighted by Gasteiger charge is 2.28. The number of esters is 1. The molecule has 2 heterocycles. The Kier molecular flexibility index (Phi) is 7.24. The average molecular weight is 459 g/mol. The molecule has 2 aromatic heterocycles. The number of carbonyl (C=O) groups excluding carboxylic acids is 4. The number of hydrogen-bond acceptors (Lipinski definition) is 7. The highest BCUT2D eigenvalue weighted by Crippen LogP contribution is 2.38. The number of amides is 4. The van der Waals surface area contributed by atoms with E-state index in [1.165, 1.54) is 17.5 Å². The van der Waals surface area contributed by atoms with E-state index in [1.807, 2.05) is 0 Å². The number of aryl methyl sites for hydroxylation is 1. The van der Waals surface area contributed by atoms with Crippen molar-refractivity contribution >= 4 is 40.2 Å². The Morgan fingerprint density at radius 1 is 1.16 bits per heavy atom. The molecule has 0 radical (unpaired) electrons. The van der Waals surface area contributed by atoms with Crippen molar-refractivity contribution in [2.45, 2.75) is 52.0 Å². The monoisotopic (exact) mass is 458 g/mol. The van der Waals surface area contributed by atoms with Crippen molar-refractivity contribution in [1.29, 1.82) is 0 Å². The highest BCUT2D eigenvalue weighted by molar-refractivity contribution is 7.17. The van der Waals surface area contributed by atoms with Gasteiger partial charge in [0, 0.05) is 22.8 Å². The molecular formula is C22H26N4O5S. The summed E-state index contributed by atoms with van der Waals surface area (Å²) >= 11 is 1.35. The predicted octanol–water partition coefficient (Wildman–Crippen LogP) is 3.06. The number of pyridine rings is 1. The Morgan fingerprint density at radius 2 is 1.91 bits per heavy atom. The van der Waals surface area contributed by atoms with Crippen molar-refractivity contribution in [2.75, 3.05) is 11.9 Å². The number of nitrogens with zero attached hydrogens (tertiary/aromatic N) is 1. The molecule has 0 saturated carbocycles. The Labute approximate surface area is 189 Å². The molecule has 1 aliphatic rings. The van der Waals surface area contributed by atoms with Crippen LogP contribution in [0.3, 0.4) is 0 Å². The lowest BCUT2D eigenvalue weighted by molar-refractivity contribution is -0.123. The normalized spacial score (nSPS) is 13.0. The first kappa shape index (κ1) is 23.4. The first-order valence-corrected chi connectivity index (χ1v) is 11.1. The lowest BCUT2D eigenvalue weighted by atomic mass is 9.95. The molecule has 32 heavy (non-hydrogen) atoms. The molecule has 0 unspecified atom stereocenters. The number of rotatable bonds is 5. The summed E-state index contributed by atoms with van der Waals surface area (Å²) in [6.07, 6.45) is 6.44. The van der Waals surface area contributed by atoms with E-state index < -0.39 is 30.1 Å². The van der Waals surface area contributed by atoms with E-state index in [1.54, 1.807) is 39.1 Å². The summed E-state index contributed by atoms with van der Waals surface area (Å²) in [5.41, 5.74) is 0.966. The second-order valence-electron chi connectivity index (χ2n) is 8.44. The maximum Gasteiger partial charge on any atom is 0.341 e. The van der Waals surface area contributed by atoms with Crippen molar-refractivity contribution in [3.05, 3.63) is 46.1 Å². The fourth-order valence-electron chi connectivity index (χ4n) is 3.28. The molecular weight excluding hydrogens is 432 g/mol. The molecule has 0 spiro atoms. The van der Waals surface area contributed by atoms with Crippen LogP contribution in [0.4, 0.5) is 9.80 Å². The van der Waals surface area contributed by atoms with Crippen LogP contribution in [0.1, 0.15) is 64.8 Å². The van der Waals surface area contributed by atoms with Gasteiger partial charge in [-0.1, -0.05) is 0 Å². The minimum atomic E-state index is -0.745. The van der Waals surface area contributed by atoms with Crippen LogP contribution >= 0.6 is 11.3 Å². The minimum Gasteiger partial charge on any atom is -0.452 e. The quantitative estimate of drug-likeness (QED) is 0.591. The molecule has 0 saturated heterocycles. The number of ether oxygens (including phenoxy) is 1. The van der Waals surface area contributed by atoms with E-state index in [4.69, 9.17) is 4.74 Å². The van der Waals surface area contributed by atoms with Crippen molar-refractivity contribution in [3.8, 4) is 0 Å². The number of carbonyl (C=O) groups is 4. The predicted molar refractivity (Wildman–Crippen MR) is 120 cm³/mol. The Balaban J connectivity index is 1.71. The fraction of sp³-hybridized carbons (Fsp3) is 0.409. The molecule has 3 N–H and O–H groups in total. The van der Waals surface area contributed by atoms with Crippen molar-refractivity contribution in [3.63, 3.8) is 0 Å². The molecule has 0 fully saturated rings. The Morgan fingerprint density at radius 3 is 2.59 bits per heavy atom. The van der Waals surface area contributed by atoms with Gasteiger partial charge in [0.2, 0.25) is 0 Å². The smallest absolute Gasteiger partial charge is 0.341 e. The van der Waals surface area contributed by atoms with E-state index in [0.29, 0.717) is 17.0 Å². The largest absolute Gasteiger partial charge is 0.452 e. The molecule has 10 heteroatoms. The number of hydrogen-bond donors (Lipinski definition) is 3. The van der Waals surface area contributed by atoms with Crippen molar-refractivity contribution in [1.82, 2.24) is 15.6 Å². The van der Waals surface area contributed by atoms with Gasteiger partial charge in [0.15, 0.2) is 6.61 Å². The van der Waals surface area contributed by atoms with E-state index in [-0.39, 0.29) is 11.5 Å². The second-order valence-corrected chi connectivity index (χ2v) is 9.54. The van der Waals surface area contributed by atoms with Crippen LogP contribution in [0.5, 0.6) is 0 Å². The summed E-state index contributed by atoms with van der Waals surface area (Å²) in [7, 11) is 0. The van der Waals surface area contributed by atoms with Gasteiger partial charge in [-0.05, 0) is 64.2 Å². The highest BCUT2D eigenvalue weighted by atomic mass is 32.1. The maximum absolute atomic E-state index is 12.9. The lowest BCUT2D eigenvalue weighted by Crippen LogP contribution is -2.49. The number of urea groups is 1. The van der Waals surface area contributed by atoms with Crippen LogP contribution in [0.2, 0.25) is 0 Å². The van der Waals surface area contributed by atoms with Gasteiger partial charge in [-0.25, -0.2) is 9.59 Å². The number of nitrogens with one attached hydrogen (secondary N) is 3. The number of anilines is 1. The average Bonchev–Trinajstić information content (AvgIpc) is 3.09. The molecule has 0 atom stereocenters. The molecule has 3 rings (SSSR count). The zero-order chi connectivity index (χ0) is 23.3. The molecule has 0 aromatic carbocycles. The third kappa shape index (κ3) is 6.13. The Bertz CT molecular complexity index is 1030. The van der Waals surface area contributed by atoms with Crippen molar-refractivity contribution < 1.29 is 23.9 Å². The van der Waals surface area contributed by atoms with Crippen LogP contribution in [-0.4, -0.2) is 40.9 Å². The van der Waals surface area contributed by atoms with Crippen LogP contribution in [0.25, 0.3) is 0 Å².